The molecule has 20 heteroatoms. The number of anilines is 2. The molecule has 0 saturated carbocycles. The summed E-state index contributed by atoms with van der Waals surface area (Å²) in [7, 11) is -5.86. The summed E-state index contributed by atoms with van der Waals surface area (Å²) in [5.41, 5.74) is 3.69. The van der Waals surface area contributed by atoms with E-state index in [1.807, 2.05) is 46.2 Å². The van der Waals surface area contributed by atoms with E-state index >= 15 is 0 Å². The Morgan fingerprint density at radius 1 is 0.646 bits per heavy atom. The maximum Gasteiger partial charge on any atom is 0.340 e. The molecule has 2 saturated heterocycles. The van der Waals surface area contributed by atoms with Crippen LogP contribution in [-0.2, 0) is 53.1 Å². The number of esters is 3. The van der Waals surface area contributed by atoms with Crippen molar-refractivity contribution in [2.75, 3.05) is 85.3 Å². The molecular formula is C45H56N6O12S2. The van der Waals surface area contributed by atoms with Gasteiger partial charge >= 0.3 is 17.9 Å². The Bertz CT molecular complexity index is 2400. The second kappa shape index (κ2) is 27.3. The summed E-state index contributed by atoms with van der Waals surface area (Å²) in [6.45, 7) is 16.3. The van der Waals surface area contributed by atoms with Crippen molar-refractivity contribution in [2.45, 2.75) is 28.2 Å². The summed E-state index contributed by atoms with van der Waals surface area (Å²) in [6.07, 6.45) is 2.93. The number of aliphatic hydroxyl groups is 1. The standard InChI is InChI=1S/C20H23N3O5S.C16H19N3O4S.C8H10O3.CH4/c1-15(2)20(25)28-10-7-22-19(24)17(14-21)13-16-3-5-18(6-4-16)23-8-11-29(26,27)12-9-23;17-12-14(16(21)18-5-8-20)11-13-1-3-15(4-2-13)19-6-9-24(22,23)10-7-19;1-5(2)7(9)11-8(10)6(3)4;/h3-6,13H,1,7-12H2,2H3,(H,22,24);1-4,11,20H,5-10H2,(H,18,21);1,3H2,2,4H3;1H4/b17-13+;14-11+;;. The van der Waals surface area contributed by atoms with Crippen molar-refractivity contribution < 1.29 is 55.4 Å². The van der Waals surface area contributed by atoms with Crippen LogP contribution in [0.3, 0.4) is 0 Å². The first-order chi connectivity index (χ1) is 30.1. The lowest BCUT2D eigenvalue weighted by atomic mass is 10.1. The monoisotopic (exact) mass is 936 g/mol. The predicted molar refractivity (Wildman–Crippen MR) is 248 cm³/mol. The Labute approximate surface area is 381 Å². The number of nitrogens with one attached hydrogen (secondary N) is 2. The zero-order valence-electron chi connectivity index (χ0n) is 35.9. The maximum absolute atomic E-state index is 12.1. The molecule has 0 atom stereocenters. The number of rotatable bonds is 14. The van der Waals surface area contributed by atoms with Gasteiger partial charge in [0, 0.05) is 60.8 Å². The fourth-order valence-corrected chi connectivity index (χ4v) is 7.59. The average molecular weight is 937 g/mol. The summed E-state index contributed by atoms with van der Waals surface area (Å²) in [5, 5.41) is 31.9. The van der Waals surface area contributed by atoms with E-state index in [2.05, 4.69) is 35.1 Å². The van der Waals surface area contributed by atoms with Gasteiger partial charge in [0.2, 0.25) is 0 Å². The molecule has 2 aromatic rings. The van der Waals surface area contributed by atoms with Crippen molar-refractivity contribution in [1.82, 2.24) is 10.6 Å². The number of amides is 2. The molecule has 2 aromatic carbocycles. The summed E-state index contributed by atoms with van der Waals surface area (Å²) >= 11 is 0. The number of aliphatic hydroxyl groups excluding tert-OH is 1. The van der Waals surface area contributed by atoms with E-state index in [0.29, 0.717) is 37.3 Å². The van der Waals surface area contributed by atoms with Crippen LogP contribution in [0.4, 0.5) is 11.4 Å². The molecule has 2 aliphatic heterocycles. The van der Waals surface area contributed by atoms with Gasteiger partial charge in [0.05, 0.1) is 36.2 Å². The predicted octanol–water partition coefficient (Wildman–Crippen LogP) is 2.85. The van der Waals surface area contributed by atoms with Crippen molar-refractivity contribution in [3.05, 3.63) is 107 Å². The highest BCUT2D eigenvalue weighted by Gasteiger charge is 2.23. The molecule has 2 heterocycles. The third-order valence-corrected chi connectivity index (χ3v) is 12.0. The Morgan fingerprint density at radius 2 is 0.985 bits per heavy atom. The highest BCUT2D eigenvalue weighted by Crippen LogP contribution is 2.21. The van der Waals surface area contributed by atoms with Crippen molar-refractivity contribution in [1.29, 1.82) is 10.5 Å². The zero-order valence-corrected chi connectivity index (χ0v) is 37.6. The number of nitriles is 2. The Balaban J connectivity index is 0.000000529. The summed E-state index contributed by atoms with van der Waals surface area (Å²) in [6, 6.07) is 18.1. The highest BCUT2D eigenvalue weighted by molar-refractivity contribution is 7.91. The lowest BCUT2D eigenvalue weighted by molar-refractivity contribution is -0.154. The molecule has 0 unspecified atom stereocenters. The van der Waals surface area contributed by atoms with Gasteiger partial charge in [-0.2, -0.15) is 10.5 Å². The van der Waals surface area contributed by atoms with Gasteiger partial charge in [0.15, 0.2) is 19.7 Å². The first kappa shape index (κ1) is 56.1. The van der Waals surface area contributed by atoms with Gasteiger partial charge in [0.1, 0.15) is 29.9 Å². The van der Waals surface area contributed by atoms with Crippen LogP contribution in [0, 0.1) is 22.7 Å². The molecule has 2 amide bonds. The van der Waals surface area contributed by atoms with Gasteiger partial charge in [-0.25, -0.2) is 31.2 Å². The van der Waals surface area contributed by atoms with Crippen LogP contribution >= 0.6 is 0 Å². The summed E-state index contributed by atoms with van der Waals surface area (Å²) in [5.74, 6) is -2.49. The zero-order chi connectivity index (χ0) is 48.0. The number of carbonyl (C=O) groups is 5. The van der Waals surface area contributed by atoms with Crippen LogP contribution in [0.5, 0.6) is 0 Å². The van der Waals surface area contributed by atoms with Gasteiger partial charge in [-0.3, -0.25) is 9.59 Å². The van der Waals surface area contributed by atoms with Crippen molar-refractivity contribution in [3.63, 3.8) is 0 Å². The number of hydrogen-bond acceptors (Lipinski definition) is 16. The minimum absolute atomic E-state index is 0. The Morgan fingerprint density at radius 3 is 1.29 bits per heavy atom. The van der Waals surface area contributed by atoms with Gasteiger partial charge in [-0.1, -0.05) is 51.4 Å². The molecule has 2 aliphatic rings. The summed E-state index contributed by atoms with van der Waals surface area (Å²) in [4.78, 5) is 60.4. The van der Waals surface area contributed by atoms with Crippen LogP contribution in [0.15, 0.2) is 96.1 Å². The smallest absolute Gasteiger partial charge is 0.340 e. The first-order valence-corrected chi connectivity index (χ1v) is 23.2. The average Bonchev–Trinajstić information content (AvgIpc) is 3.26. The van der Waals surface area contributed by atoms with Gasteiger partial charge in [0.25, 0.3) is 11.8 Å². The number of sulfone groups is 2. The fourth-order valence-electron chi connectivity index (χ4n) is 5.18. The number of nitrogens with zero attached hydrogens (tertiary/aromatic N) is 4. The van der Waals surface area contributed by atoms with E-state index in [-0.39, 0.29) is 84.6 Å². The normalized spacial score (nSPS) is 14.9. The number of hydrogen-bond donors (Lipinski definition) is 3. The van der Waals surface area contributed by atoms with Crippen LogP contribution in [0.2, 0.25) is 0 Å². The molecule has 3 N–H and O–H groups in total. The van der Waals surface area contributed by atoms with Crippen LogP contribution in [-0.4, -0.2) is 127 Å². The third-order valence-electron chi connectivity index (χ3n) is 8.81. The Kier molecular flexibility index (Phi) is 23.6. The van der Waals surface area contributed by atoms with Crippen molar-refractivity contribution in [2.24, 2.45) is 0 Å². The van der Waals surface area contributed by atoms with E-state index in [1.165, 1.54) is 32.9 Å². The number of ether oxygens (including phenoxy) is 2. The van der Waals surface area contributed by atoms with Crippen LogP contribution in [0.25, 0.3) is 12.2 Å². The fraction of sp³-hybridized carbons (Fsp3) is 0.356. The molecule has 0 bridgehead atoms. The first-order valence-electron chi connectivity index (χ1n) is 19.5. The molecule has 0 aliphatic carbocycles. The topological polar surface area (TPSA) is 270 Å². The summed E-state index contributed by atoms with van der Waals surface area (Å²) < 4.78 is 55.1. The molecular weight excluding hydrogens is 881 g/mol. The molecule has 0 spiro atoms. The SMILES string of the molecule is C.C=C(C)C(=O)OC(=O)C(=C)C.C=C(C)C(=O)OCCNC(=O)/C(C#N)=C/c1ccc(N2CCS(=O)(=O)CC2)cc1.N#C/C(=C\c1ccc(N2CCS(=O)(=O)CC2)cc1)C(=O)NCCO. The van der Waals surface area contributed by atoms with E-state index in [4.69, 9.17) is 15.1 Å². The second-order valence-electron chi connectivity index (χ2n) is 14.2. The number of benzene rings is 2. The second-order valence-corrected chi connectivity index (χ2v) is 18.8. The van der Waals surface area contributed by atoms with Crippen LogP contribution < -0.4 is 20.4 Å². The van der Waals surface area contributed by atoms with Crippen molar-refractivity contribution in [3.8, 4) is 12.1 Å². The van der Waals surface area contributed by atoms with Gasteiger partial charge in [-0.15, -0.1) is 0 Å². The molecule has 0 radical (unpaired) electrons. The minimum Gasteiger partial charge on any atom is -0.460 e. The van der Waals surface area contributed by atoms with Gasteiger partial charge in [-0.05, 0) is 68.3 Å². The van der Waals surface area contributed by atoms with E-state index in [1.54, 1.807) is 24.3 Å². The molecule has 18 nitrogen and oxygen atoms in total. The van der Waals surface area contributed by atoms with Crippen molar-refractivity contribution >= 4 is 72.9 Å². The van der Waals surface area contributed by atoms with E-state index < -0.39 is 49.4 Å². The molecule has 0 aromatic heterocycles. The van der Waals surface area contributed by atoms with E-state index in [0.717, 1.165) is 11.4 Å². The lowest BCUT2D eigenvalue weighted by Crippen LogP contribution is -2.40. The quantitative estimate of drug-likeness (QED) is 0.0808. The number of carbonyl (C=O) groups excluding carboxylic acids is 5. The minimum atomic E-state index is -2.94. The highest BCUT2D eigenvalue weighted by atomic mass is 32.2. The van der Waals surface area contributed by atoms with Crippen LogP contribution in [0.1, 0.15) is 39.3 Å². The third kappa shape index (κ3) is 20.5. The Hall–Kier alpha value is -6.87. The molecule has 4 rings (SSSR count). The molecule has 2 fully saturated rings. The molecule has 65 heavy (non-hydrogen) atoms. The van der Waals surface area contributed by atoms with Gasteiger partial charge < -0.3 is 35.0 Å². The molecule has 350 valence electrons. The maximum atomic E-state index is 12.1. The van der Waals surface area contributed by atoms with E-state index in [9.17, 15) is 46.1 Å². The largest absolute Gasteiger partial charge is 0.460 e. The lowest BCUT2D eigenvalue weighted by Gasteiger charge is -2.28.